The van der Waals surface area contributed by atoms with Crippen molar-refractivity contribution in [3.05, 3.63) is 29.0 Å². The number of carbonyl (C=O) groups excluding carboxylic acids is 1. The van der Waals surface area contributed by atoms with Crippen molar-refractivity contribution in [3.63, 3.8) is 0 Å². The van der Waals surface area contributed by atoms with Crippen LogP contribution in [-0.4, -0.2) is 20.1 Å². The SMILES string of the molecule is CNC(=O)N(C)c1ccc(F)c(Cl)c1. The van der Waals surface area contributed by atoms with E-state index in [-0.39, 0.29) is 11.1 Å². The Labute approximate surface area is 86.5 Å². The van der Waals surface area contributed by atoms with Gasteiger partial charge in [-0.2, -0.15) is 0 Å². The molecule has 0 aliphatic heterocycles. The van der Waals surface area contributed by atoms with E-state index in [1.165, 1.54) is 30.1 Å². The minimum absolute atomic E-state index is 0.00162. The average molecular weight is 217 g/mol. The fraction of sp³-hybridized carbons (Fsp3) is 0.222. The van der Waals surface area contributed by atoms with Crippen LogP contribution < -0.4 is 10.2 Å². The molecule has 1 rings (SSSR count). The van der Waals surface area contributed by atoms with Gasteiger partial charge in [-0.15, -0.1) is 0 Å². The predicted molar refractivity (Wildman–Crippen MR) is 54.3 cm³/mol. The molecule has 0 heterocycles. The van der Waals surface area contributed by atoms with Crippen LogP contribution in [0.15, 0.2) is 18.2 Å². The largest absolute Gasteiger partial charge is 0.341 e. The number of urea groups is 1. The van der Waals surface area contributed by atoms with Gasteiger partial charge in [-0.05, 0) is 18.2 Å². The Kier molecular flexibility index (Phi) is 3.30. The van der Waals surface area contributed by atoms with Gasteiger partial charge in [-0.3, -0.25) is 4.90 Å². The number of amides is 2. The third-order valence-electron chi connectivity index (χ3n) is 1.81. The zero-order chi connectivity index (χ0) is 10.7. The predicted octanol–water partition coefficient (Wildman–Crippen LogP) is 2.25. The van der Waals surface area contributed by atoms with Gasteiger partial charge in [0.05, 0.1) is 5.02 Å². The second-order valence-electron chi connectivity index (χ2n) is 2.71. The molecule has 14 heavy (non-hydrogen) atoms. The molecule has 76 valence electrons. The standard InChI is InChI=1S/C9H10ClFN2O/c1-12-9(14)13(2)6-3-4-8(11)7(10)5-6/h3-5H,1-2H3,(H,12,14). The van der Waals surface area contributed by atoms with Gasteiger partial charge in [-0.1, -0.05) is 11.6 Å². The Morgan fingerprint density at radius 2 is 2.21 bits per heavy atom. The Hall–Kier alpha value is -1.29. The molecule has 0 spiro atoms. The number of nitrogens with one attached hydrogen (secondary N) is 1. The highest BCUT2D eigenvalue weighted by Gasteiger charge is 2.10. The van der Waals surface area contributed by atoms with Crippen LogP contribution in [0.3, 0.4) is 0 Å². The molecule has 0 aliphatic rings. The molecule has 0 radical (unpaired) electrons. The fourth-order valence-corrected chi connectivity index (χ4v) is 1.15. The summed E-state index contributed by atoms with van der Waals surface area (Å²) < 4.78 is 12.8. The zero-order valence-electron chi connectivity index (χ0n) is 7.84. The summed E-state index contributed by atoms with van der Waals surface area (Å²) in [6, 6.07) is 3.81. The van der Waals surface area contributed by atoms with Crippen molar-refractivity contribution in [2.24, 2.45) is 0 Å². The van der Waals surface area contributed by atoms with Crippen molar-refractivity contribution in [3.8, 4) is 0 Å². The molecule has 0 fully saturated rings. The highest BCUT2D eigenvalue weighted by atomic mass is 35.5. The Morgan fingerprint density at radius 3 is 2.71 bits per heavy atom. The molecule has 0 saturated carbocycles. The lowest BCUT2D eigenvalue weighted by atomic mass is 10.3. The maximum absolute atomic E-state index is 12.8. The Morgan fingerprint density at radius 1 is 1.57 bits per heavy atom. The third-order valence-corrected chi connectivity index (χ3v) is 2.10. The minimum atomic E-state index is -0.499. The second-order valence-corrected chi connectivity index (χ2v) is 3.12. The number of halogens is 2. The van der Waals surface area contributed by atoms with Crippen LogP contribution in [0, 0.1) is 5.82 Å². The molecule has 5 heteroatoms. The van der Waals surface area contributed by atoms with E-state index in [0.717, 1.165) is 0 Å². The van der Waals surface area contributed by atoms with Gasteiger partial charge >= 0.3 is 6.03 Å². The first-order chi connectivity index (χ1) is 6.56. The highest BCUT2D eigenvalue weighted by molar-refractivity contribution is 6.31. The van der Waals surface area contributed by atoms with E-state index >= 15 is 0 Å². The van der Waals surface area contributed by atoms with Crippen molar-refractivity contribution >= 4 is 23.3 Å². The summed E-state index contributed by atoms with van der Waals surface area (Å²) in [4.78, 5) is 12.5. The summed E-state index contributed by atoms with van der Waals surface area (Å²) in [7, 11) is 3.09. The van der Waals surface area contributed by atoms with E-state index in [2.05, 4.69) is 5.32 Å². The van der Waals surface area contributed by atoms with Crippen LogP contribution in [0.2, 0.25) is 5.02 Å². The van der Waals surface area contributed by atoms with Crippen molar-refractivity contribution in [2.75, 3.05) is 19.0 Å². The summed E-state index contributed by atoms with van der Waals surface area (Å²) in [6.45, 7) is 0. The van der Waals surface area contributed by atoms with E-state index in [1.807, 2.05) is 0 Å². The molecular formula is C9H10ClFN2O. The van der Waals surface area contributed by atoms with Crippen LogP contribution in [0.5, 0.6) is 0 Å². The molecule has 1 aromatic rings. The number of anilines is 1. The maximum Gasteiger partial charge on any atom is 0.321 e. The van der Waals surface area contributed by atoms with Gasteiger partial charge in [0.15, 0.2) is 0 Å². The van der Waals surface area contributed by atoms with Crippen LogP contribution in [0.25, 0.3) is 0 Å². The zero-order valence-corrected chi connectivity index (χ0v) is 8.60. The molecule has 0 aliphatic carbocycles. The van der Waals surface area contributed by atoms with E-state index in [1.54, 1.807) is 7.05 Å². The molecule has 2 amide bonds. The number of carbonyl (C=O) groups is 1. The summed E-state index contributed by atoms with van der Waals surface area (Å²) in [5.74, 6) is -0.499. The molecule has 1 aromatic carbocycles. The highest BCUT2D eigenvalue weighted by Crippen LogP contribution is 2.21. The molecular weight excluding hydrogens is 207 g/mol. The van der Waals surface area contributed by atoms with Crippen LogP contribution >= 0.6 is 11.6 Å². The smallest absolute Gasteiger partial charge is 0.321 e. The lowest BCUT2D eigenvalue weighted by Crippen LogP contribution is -2.34. The number of rotatable bonds is 1. The Balaban J connectivity index is 2.96. The topological polar surface area (TPSA) is 32.3 Å². The molecule has 0 unspecified atom stereocenters. The molecule has 0 bridgehead atoms. The molecule has 1 N–H and O–H groups in total. The fourth-order valence-electron chi connectivity index (χ4n) is 0.979. The van der Waals surface area contributed by atoms with Gasteiger partial charge in [0.1, 0.15) is 5.82 Å². The van der Waals surface area contributed by atoms with Crippen LogP contribution in [0.1, 0.15) is 0 Å². The van der Waals surface area contributed by atoms with Gasteiger partial charge in [0, 0.05) is 19.8 Å². The number of hydrogen-bond acceptors (Lipinski definition) is 1. The minimum Gasteiger partial charge on any atom is -0.341 e. The summed E-state index contributed by atoms with van der Waals surface area (Å²) in [6.07, 6.45) is 0. The summed E-state index contributed by atoms with van der Waals surface area (Å²) >= 11 is 5.57. The first-order valence-electron chi connectivity index (χ1n) is 3.96. The third kappa shape index (κ3) is 2.14. The van der Waals surface area contributed by atoms with Crippen molar-refractivity contribution in [1.29, 1.82) is 0 Å². The molecule has 0 atom stereocenters. The van der Waals surface area contributed by atoms with Crippen molar-refractivity contribution in [2.45, 2.75) is 0 Å². The second kappa shape index (κ2) is 4.28. The molecule has 0 aromatic heterocycles. The van der Waals surface area contributed by atoms with Gasteiger partial charge in [0.25, 0.3) is 0 Å². The lowest BCUT2D eigenvalue weighted by Gasteiger charge is -2.16. The normalized spacial score (nSPS) is 9.71. The lowest BCUT2D eigenvalue weighted by molar-refractivity contribution is 0.249. The van der Waals surface area contributed by atoms with Gasteiger partial charge in [-0.25, -0.2) is 9.18 Å². The number of nitrogens with zero attached hydrogens (tertiary/aromatic N) is 1. The average Bonchev–Trinajstić information content (AvgIpc) is 2.20. The first-order valence-corrected chi connectivity index (χ1v) is 4.34. The van der Waals surface area contributed by atoms with Crippen LogP contribution in [0.4, 0.5) is 14.9 Å². The monoisotopic (exact) mass is 216 g/mol. The van der Waals surface area contributed by atoms with Crippen LogP contribution in [-0.2, 0) is 0 Å². The van der Waals surface area contributed by atoms with E-state index < -0.39 is 5.82 Å². The number of hydrogen-bond donors (Lipinski definition) is 1. The first kappa shape index (κ1) is 10.8. The summed E-state index contributed by atoms with van der Waals surface area (Å²) in [5.41, 5.74) is 0.538. The Bertz CT molecular complexity index is 357. The van der Waals surface area contributed by atoms with E-state index in [0.29, 0.717) is 5.69 Å². The van der Waals surface area contributed by atoms with Crippen molar-refractivity contribution in [1.82, 2.24) is 5.32 Å². The molecule has 0 saturated heterocycles. The van der Waals surface area contributed by atoms with Gasteiger partial charge in [0.2, 0.25) is 0 Å². The quantitative estimate of drug-likeness (QED) is 0.767. The maximum atomic E-state index is 12.8. The van der Waals surface area contributed by atoms with E-state index in [4.69, 9.17) is 11.6 Å². The van der Waals surface area contributed by atoms with Crippen molar-refractivity contribution < 1.29 is 9.18 Å². The number of benzene rings is 1. The van der Waals surface area contributed by atoms with Gasteiger partial charge < -0.3 is 5.32 Å². The molecule has 3 nitrogen and oxygen atoms in total. The summed E-state index contributed by atoms with van der Waals surface area (Å²) in [5, 5.41) is 2.45. The van der Waals surface area contributed by atoms with E-state index in [9.17, 15) is 9.18 Å².